The van der Waals surface area contributed by atoms with Crippen LogP contribution in [0.5, 0.6) is 0 Å². The number of furan rings is 1. The number of hydrogen-bond donors (Lipinski definition) is 4. The van der Waals surface area contributed by atoms with E-state index in [1.807, 2.05) is 62.1 Å². The molecular formula is C40H48N8O7. The molecule has 0 spiro atoms. The SMILES string of the molecule is COC(=O)NCC(C)CC(=O)N1CCCC1c1ncc(-c2ccc3c(c2)oc2cc(-c4cnc(C5CCCN5C(=O)C(NC(=O)OC)C(C)C)[nH]4)ccc23)[nH]1. The molecule has 290 valence electrons. The first kappa shape index (κ1) is 37.5. The van der Waals surface area contributed by atoms with Crippen LogP contribution in [-0.2, 0) is 19.1 Å². The van der Waals surface area contributed by atoms with E-state index in [1.54, 1.807) is 17.3 Å². The van der Waals surface area contributed by atoms with Gasteiger partial charge in [0.25, 0.3) is 0 Å². The number of alkyl carbamates (subject to hydrolysis) is 2. The Morgan fingerprint density at radius 1 is 0.818 bits per heavy atom. The van der Waals surface area contributed by atoms with Gasteiger partial charge in [-0.15, -0.1) is 0 Å². The largest absolute Gasteiger partial charge is 0.456 e. The highest BCUT2D eigenvalue weighted by Crippen LogP contribution is 2.37. The van der Waals surface area contributed by atoms with Gasteiger partial charge in [-0.05, 0) is 61.8 Å². The molecule has 0 radical (unpaired) electrons. The molecule has 0 saturated carbocycles. The number of nitrogens with zero attached hydrogens (tertiary/aromatic N) is 4. The Hall–Kier alpha value is -5.86. The molecule has 4 atom stereocenters. The maximum Gasteiger partial charge on any atom is 0.407 e. The minimum atomic E-state index is -0.702. The fourth-order valence-corrected chi connectivity index (χ4v) is 7.78. The van der Waals surface area contributed by atoms with Crippen LogP contribution in [0.1, 0.15) is 76.6 Å². The second-order valence-corrected chi connectivity index (χ2v) is 14.9. The molecule has 5 aromatic rings. The quantitative estimate of drug-likeness (QED) is 0.118. The molecule has 55 heavy (non-hydrogen) atoms. The number of rotatable bonds is 11. The fourth-order valence-electron chi connectivity index (χ4n) is 7.78. The number of H-pyrrole nitrogens is 2. The predicted octanol–water partition coefficient (Wildman–Crippen LogP) is 6.46. The third-order valence-electron chi connectivity index (χ3n) is 10.7. The van der Waals surface area contributed by atoms with Crippen molar-refractivity contribution in [3.63, 3.8) is 0 Å². The first-order chi connectivity index (χ1) is 26.5. The fraction of sp³-hybridized carbons (Fsp3) is 0.450. The molecule has 2 aliphatic heterocycles. The van der Waals surface area contributed by atoms with Gasteiger partial charge in [0.05, 0.1) is 50.1 Å². The second kappa shape index (κ2) is 15.9. The summed E-state index contributed by atoms with van der Waals surface area (Å²) < 4.78 is 15.8. The summed E-state index contributed by atoms with van der Waals surface area (Å²) in [4.78, 5) is 70.2. The van der Waals surface area contributed by atoms with Gasteiger partial charge in [-0.3, -0.25) is 9.59 Å². The maximum atomic E-state index is 13.6. The van der Waals surface area contributed by atoms with Gasteiger partial charge >= 0.3 is 12.2 Å². The molecule has 7 rings (SSSR count). The summed E-state index contributed by atoms with van der Waals surface area (Å²) in [7, 11) is 2.60. The number of likely N-dealkylation sites (tertiary alicyclic amines) is 2. The summed E-state index contributed by atoms with van der Waals surface area (Å²) >= 11 is 0. The molecule has 4 amide bonds. The number of amides is 4. The highest BCUT2D eigenvalue weighted by Gasteiger charge is 2.38. The number of aromatic nitrogens is 4. The van der Waals surface area contributed by atoms with Gasteiger partial charge < -0.3 is 44.3 Å². The molecule has 2 aliphatic rings. The van der Waals surface area contributed by atoms with Crippen molar-refractivity contribution in [1.29, 1.82) is 0 Å². The number of carbonyl (C=O) groups is 4. The predicted molar refractivity (Wildman–Crippen MR) is 205 cm³/mol. The van der Waals surface area contributed by atoms with Crippen LogP contribution in [0.15, 0.2) is 53.2 Å². The number of hydrogen-bond acceptors (Lipinski definition) is 9. The van der Waals surface area contributed by atoms with Crippen LogP contribution >= 0.6 is 0 Å². The van der Waals surface area contributed by atoms with Crippen LogP contribution in [0, 0.1) is 11.8 Å². The van der Waals surface area contributed by atoms with E-state index < -0.39 is 18.2 Å². The van der Waals surface area contributed by atoms with Gasteiger partial charge in [-0.1, -0.05) is 32.9 Å². The number of nitrogens with one attached hydrogen (secondary N) is 4. The van der Waals surface area contributed by atoms with Crippen molar-refractivity contribution < 1.29 is 33.1 Å². The molecule has 2 aromatic carbocycles. The summed E-state index contributed by atoms with van der Waals surface area (Å²) in [5, 5.41) is 7.33. The van der Waals surface area contributed by atoms with E-state index in [1.165, 1.54) is 14.2 Å². The van der Waals surface area contributed by atoms with Gasteiger partial charge in [-0.25, -0.2) is 19.6 Å². The van der Waals surface area contributed by atoms with Crippen molar-refractivity contribution in [3.05, 3.63) is 60.4 Å². The molecule has 5 heterocycles. The topological polar surface area (TPSA) is 188 Å². The Balaban J connectivity index is 1.05. The molecule has 15 heteroatoms. The number of fused-ring (bicyclic) bond motifs is 3. The smallest absolute Gasteiger partial charge is 0.407 e. The number of benzene rings is 2. The molecule has 2 fully saturated rings. The first-order valence-electron chi connectivity index (χ1n) is 18.9. The third-order valence-corrected chi connectivity index (χ3v) is 10.7. The van der Waals surface area contributed by atoms with Gasteiger partial charge in [0.1, 0.15) is 28.9 Å². The van der Waals surface area contributed by atoms with E-state index in [4.69, 9.17) is 14.1 Å². The lowest BCUT2D eigenvalue weighted by atomic mass is 10.0. The minimum Gasteiger partial charge on any atom is -0.456 e. The zero-order chi connectivity index (χ0) is 38.8. The minimum absolute atomic E-state index is 0.0365. The molecular weight excluding hydrogens is 704 g/mol. The third kappa shape index (κ3) is 7.73. The van der Waals surface area contributed by atoms with E-state index in [-0.39, 0.29) is 35.7 Å². The Morgan fingerprint density at radius 3 is 1.91 bits per heavy atom. The van der Waals surface area contributed by atoms with Gasteiger partial charge in [0, 0.05) is 48.0 Å². The van der Waals surface area contributed by atoms with Crippen LogP contribution in [0.3, 0.4) is 0 Å². The van der Waals surface area contributed by atoms with Crippen molar-refractivity contribution >= 4 is 45.9 Å². The summed E-state index contributed by atoms with van der Waals surface area (Å²) in [6.45, 7) is 7.32. The highest BCUT2D eigenvalue weighted by molar-refractivity contribution is 6.06. The van der Waals surface area contributed by atoms with E-state index in [2.05, 4.69) is 30.3 Å². The molecule has 0 aliphatic carbocycles. The van der Waals surface area contributed by atoms with Gasteiger partial charge in [0.2, 0.25) is 11.8 Å². The van der Waals surface area contributed by atoms with Crippen molar-refractivity contribution in [2.24, 2.45) is 11.8 Å². The number of aromatic amines is 2. The van der Waals surface area contributed by atoms with Crippen molar-refractivity contribution in [3.8, 4) is 22.5 Å². The summed E-state index contributed by atoms with van der Waals surface area (Å²) in [6.07, 6.45) is 6.06. The van der Waals surface area contributed by atoms with Crippen LogP contribution in [-0.4, -0.2) is 93.6 Å². The Morgan fingerprint density at radius 2 is 1.36 bits per heavy atom. The Kier molecular flexibility index (Phi) is 10.8. The van der Waals surface area contributed by atoms with Gasteiger partial charge in [0.15, 0.2) is 0 Å². The summed E-state index contributed by atoms with van der Waals surface area (Å²) in [5.74, 6) is 1.17. The summed E-state index contributed by atoms with van der Waals surface area (Å²) in [5.41, 5.74) is 4.92. The zero-order valence-electron chi connectivity index (χ0n) is 31.8. The lowest BCUT2D eigenvalue weighted by Crippen LogP contribution is -2.51. The lowest BCUT2D eigenvalue weighted by molar-refractivity contribution is -0.135. The Bertz CT molecular complexity index is 2200. The Labute approximate surface area is 318 Å². The second-order valence-electron chi connectivity index (χ2n) is 14.9. The molecule has 3 aromatic heterocycles. The number of ether oxygens (including phenoxy) is 2. The van der Waals surface area contributed by atoms with Crippen molar-refractivity contribution in [1.82, 2.24) is 40.4 Å². The normalized spacial score (nSPS) is 18.2. The van der Waals surface area contributed by atoms with Crippen LogP contribution in [0.4, 0.5) is 9.59 Å². The zero-order valence-corrected chi connectivity index (χ0v) is 31.8. The average Bonchev–Trinajstić information content (AvgIpc) is 4.03. The molecule has 0 bridgehead atoms. The first-order valence-corrected chi connectivity index (χ1v) is 18.9. The van der Waals surface area contributed by atoms with E-state index in [9.17, 15) is 19.2 Å². The number of methoxy groups -OCH3 is 2. The molecule has 4 N–H and O–H groups in total. The van der Waals surface area contributed by atoms with E-state index in [0.717, 1.165) is 76.0 Å². The van der Waals surface area contributed by atoms with Crippen LogP contribution in [0.2, 0.25) is 0 Å². The van der Waals surface area contributed by atoms with E-state index in [0.29, 0.717) is 31.9 Å². The maximum absolute atomic E-state index is 13.6. The highest BCUT2D eigenvalue weighted by atomic mass is 16.5. The summed E-state index contributed by atoms with van der Waals surface area (Å²) in [6, 6.07) is 11.1. The lowest BCUT2D eigenvalue weighted by Gasteiger charge is -2.30. The number of imidazole rings is 2. The van der Waals surface area contributed by atoms with E-state index >= 15 is 0 Å². The average molecular weight is 753 g/mol. The standard InChI is InChI=1S/C40H48N8O7/c1-22(2)35(46-40(52)54-5)38(50)48-15-7-9-31(48)37-42-21-29(45-37)25-11-13-27-26-12-10-24(17-32(26)55-33(27)18-25)28-20-41-36(44-28)30-8-6-14-47(30)34(49)16-23(3)19-43-39(51)53-4/h10-13,17-18,20-23,30-31,35H,6-9,14-16,19H2,1-5H3,(H,41,44)(H,42,45)(H,43,51)(H,46,52). The molecule has 2 saturated heterocycles. The van der Waals surface area contributed by atoms with Crippen molar-refractivity contribution in [2.45, 2.75) is 71.0 Å². The number of carbonyl (C=O) groups excluding carboxylic acids is 4. The monoisotopic (exact) mass is 752 g/mol. The van der Waals surface area contributed by atoms with Crippen LogP contribution in [0.25, 0.3) is 44.5 Å². The van der Waals surface area contributed by atoms with Gasteiger partial charge in [-0.2, -0.15) is 0 Å². The molecule has 4 unspecified atom stereocenters. The molecule has 15 nitrogen and oxygen atoms in total. The van der Waals surface area contributed by atoms with Crippen LogP contribution < -0.4 is 10.6 Å². The van der Waals surface area contributed by atoms with Crippen molar-refractivity contribution in [2.75, 3.05) is 33.9 Å².